The van der Waals surface area contributed by atoms with Gasteiger partial charge in [0.1, 0.15) is 0 Å². The minimum Gasteiger partial charge on any atom is -0.374 e. The minimum atomic E-state index is 0.105. The van der Waals surface area contributed by atoms with Gasteiger partial charge in [-0.2, -0.15) is 0 Å². The SMILES string of the molecule is O=C1CCc2ccccc2N1CC1CNCCO1. The van der Waals surface area contributed by atoms with Crippen molar-refractivity contribution >= 4 is 11.6 Å². The van der Waals surface area contributed by atoms with E-state index in [0.717, 1.165) is 31.8 Å². The van der Waals surface area contributed by atoms with Crippen molar-refractivity contribution in [2.75, 3.05) is 31.1 Å². The fourth-order valence-corrected chi connectivity index (χ4v) is 2.64. The van der Waals surface area contributed by atoms with Crippen LogP contribution in [0.25, 0.3) is 0 Å². The molecule has 4 heteroatoms. The molecule has 2 heterocycles. The summed E-state index contributed by atoms with van der Waals surface area (Å²) in [5.74, 6) is 0.211. The number of hydrogen-bond donors (Lipinski definition) is 1. The third-order valence-electron chi connectivity index (χ3n) is 3.58. The summed E-state index contributed by atoms with van der Waals surface area (Å²) in [6, 6.07) is 8.16. The largest absolute Gasteiger partial charge is 0.374 e. The summed E-state index contributed by atoms with van der Waals surface area (Å²) in [5.41, 5.74) is 2.32. The molecule has 1 unspecified atom stereocenters. The van der Waals surface area contributed by atoms with Gasteiger partial charge in [-0.15, -0.1) is 0 Å². The second kappa shape index (κ2) is 5.08. The van der Waals surface area contributed by atoms with Gasteiger partial charge in [0.25, 0.3) is 0 Å². The van der Waals surface area contributed by atoms with Crippen LogP contribution < -0.4 is 10.2 Å². The summed E-state index contributed by atoms with van der Waals surface area (Å²) >= 11 is 0. The Hall–Kier alpha value is -1.39. The predicted molar refractivity (Wildman–Crippen MR) is 69.7 cm³/mol. The molecule has 0 aliphatic carbocycles. The van der Waals surface area contributed by atoms with Crippen molar-refractivity contribution in [1.82, 2.24) is 5.32 Å². The maximum absolute atomic E-state index is 12.1. The van der Waals surface area contributed by atoms with Crippen LogP contribution in [-0.2, 0) is 16.0 Å². The van der Waals surface area contributed by atoms with Gasteiger partial charge in [0.05, 0.1) is 19.3 Å². The molecule has 18 heavy (non-hydrogen) atoms. The lowest BCUT2D eigenvalue weighted by atomic mass is 10.0. The van der Waals surface area contributed by atoms with Crippen LogP contribution in [0.15, 0.2) is 24.3 Å². The van der Waals surface area contributed by atoms with Gasteiger partial charge in [-0.05, 0) is 18.1 Å². The molecule has 2 aliphatic heterocycles. The second-order valence-electron chi connectivity index (χ2n) is 4.83. The van der Waals surface area contributed by atoms with Crippen LogP contribution in [0.1, 0.15) is 12.0 Å². The molecule has 1 atom stereocenters. The molecule has 1 fully saturated rings. The van der Waals surface area contributed by atoms with E-state index in [0.29, 0.717) is 13.0 Å². The van der Waals surface area contributed by atoms with E-state index in [9.17, 15) is 4.79 Å². The Balaban J connectivity index is 1.79. The van der Waals surface area contributed by atoms with Gasteiger partial charge in [0.15, 0.2) is 0 Å². The highest BCUT2D eigenvalue weighted by atomic mass is 16.5. The zero-order chi connectivity index (χ0) is 12.4. The lowest BCUT2D eigenvalue weighted by Crippen LogP contribution is -2.48. The number of carbonyl (C=O) groups excluding carboxylic acids is 1. The first-order chi connectivity index (χ1) is 8.84. The molecule has 1 amide bonds. The number of anilines is 1. The molecule has 96 valence electrons. The lowest BCUT2D eigenvalue weighted by molar-refractivity contribution is -0.119. The Morgan fingerprint density at radius 1 is 1.33 bits per heavy atom. The quantitative estimate of drug-likeness (QED) is 0.845. The monoisotopic (exact) mass is 246 g/mol. The number of para-hydroxylation sites is 1. The van der Waals surface area contributed by atoms with E-state index in [1.165, 1.54) is 5.56 Å². The van der Waals surface area contributed by atoms with Gasteiger partial charge in [-0.3, -0.25) is 4.79 Å². The van der Waals surface area contributed by atoms with Gasteiger partial charge < -0.3 is 15.0 Å². The fourth-order valence-electron chi connectivity index (χ4n) is 2.64. The highest BCUT2D eigenvalue weighted by Gasteiger charge is 2.27. The average Bonchev–Trinajstić information content (AvgIpc) is 2.43. The molecule has 1 aromatic rings. The maximum atomic E-state index is 12.1. The number of benzene rings is 1. The summed E-state index contributed by atoms with van der Waals surface area (Å²) in [7, 11) is 0. The highest BCUT2D eigenvalue weighted by molar-refractivity contribution is 5.96. The number of hydrogen-bond acceptors (Lipinski definition) is 3. The molecule has 1 saturated heterocycles. The predicted octanol–water partition coefficient (Wildman–Crippen LogP) is 0.954. The maximum Gasteiger partial charge on any atom is 0.227 e. The molecule has 0 aromatic heterocycles. The van der Waals surface area contributed by atoms with Gasteiger partial charge in [-0.1, -0.05) is 18.2 Å². The van der Waals surface area contributed by atoms with Crippen molar-refractivity contribution < 1.29 is 9.53 Å². The zero-order valence-electron chi connectivity index (χ0n) is 10.4. The highest BCUT2D eigenvalue weighted by Crippen LogP contribution is 2.27. The number of fused-ring (bicyclic) bond motifs is 1. The number of rotatable bonds is 2. The van der Waals surface area contributed by atoms with E-state index in [2.05, 4.69) is 11.4 Å². The van der Waals surface area contributed by atoms with Crippen LogP contribution in [0, 0.1) is 0 Å². The zero-order valence-corrected chi connectivity index (χ0v) is 10.4. The normalized spacial score (nSPS) is 23.9. The summed E-state index contributed by atoms with van der Waals surface area (Å²) in [6.07, 6.45) is 1.57. The summed E-state index contributed by atoms with van der Waals surface area (Å²) in [5, 5.41) is 3.30. The molecule has 4 nitrogen and oxygen atoms in total. The van der Waals surface area contributed by atoms with Crippen LogP contribution in [0.4, 0.5) is 5.69 Å². The van der Waals surface area contributed by atoms with E-state index < -0.39 is 0 Å². The topological polar surface area (TPSA) is 41.6 Å². The van der Waals surface area contributed by atoms with Crippen LogP contribution in [-0.4, -0.2) is 38.3 Å². The third kappa shape index (κ3) is 2.26. The number of morpholine rings is 1. The van der Waals surface area contributed by atoms with Crippen molar-refractivity contribution in [2.45, 2.75) is 18.9 Å². The summed E-state index contributed by atoms with van der Waals surface area (Å²) < 4.78 is 5.69. The number of nitrogens with one attached hydrogen (secondary N) is 1. The molecular formula is C14H18N2O2. The average molecular weight is 246 g/mol. The fraction of sp³-hybridized carbons (Fsp3) is 0.500. The van der Waals surface area contributed by atoms with Gasteiger partial charge in [0.2, 0.25) is 5.91 Å². The number of amides is 1. The molecule has 0 spiro atoms. The van der Waals surface area contributed by atoms with Crippen molar-refractivity contribution in [3.63, 3.8) is 0 Å². The Bertz CT molecular complexity index is 441. The van der Waals surface area contributed by atoms with Crippen molar-refractivity contribution in [2.24, 2.45) is 0 Å². The first-order valence-electron chi connectivity index (χ1n) is 6.55. The number of aryl methyl sites for hydroxylation is 1. The molecule has 0 saturated carbocycles. The minimum absolute atomic E-state index is 0.105. The second-order valence-corrected chi connectivity index (χ2v) is 4.83. The van der Waals surface area contributed by atoms with Crippen LogP contribution in [0.2, 0.25) is 0 Å². The van der Waals surface area contributed by atoms with Crippen LogP contribution >= 0.6 is 0 Å². The Morgan fingerprint density at radius 2 is 2.22 bits per heavy atom. The number of ether oxygens (including phenoxy) is 1. The van der Waals surface area contributed by atoms with Crippen molar-refractivity contribution in [1.29, 1.82) is 0 Å². The van der Waals surface area contributed by atoms with E-state index in [1.54, 1.807) is 0 Å². The molecular weight excluding hydrogens is 228 g/mol. The van der Waals surface area contributed by atoms with E-state index in [1.807, 2.05) is 23.1 Å². The molecule has 0 bridgehead atoms. The Morgan fingerprint density at radius 3 is 3.06 bits per heavy atom. The molecule has 1 aromatic carbocycles. The van der Waals surface area contributed by atoms with Crippen LogP contribution in [0.5, 0.6) is 0 Å². The Kier molecular flexibility index (Phi) is 3.30. The van der Waals surface area contributed by atoms with Crippen LogP contribution in [0.3, 0.4) is 0 Å². The van der Waals surface area contributed by atoms with Crippen molar-refractivity contribution in [3.8, 4) is 0 Å². The van der Waals surface area contributed by atoms with Gasteiger partial charge in [-0.25, -0.2) is 0 Å². The third-order valence-corrected chi connectivity index (χ3v) is 3.58. The molecule has 1 N–H and O–H groups in total. The van der Waals surface area contributed by atoms with Gasteiger partial charge >= 0.3 is 0 Å². The number of nitrogens with zero attached hydrogens (tertiary/aromatic N) is 1. The van der Waals surface area contributed by atoms with Crippen molar-refractivity contribution in [3.05, 3.63) is 29.8 Å². The Labute approximate surface area is 107 Å². The standard InChI is InChI=1S/C14H18N2O2/c17-14-6-5-11-3-1-2-4-13(11)16(14)10-12-9-15-7-8-18-12/h1-4,12,15H,5-10H2. The first kappa shape index (κ1) is 11.7. The first-order valence-corrected chi connectivity index (χ1v) is 6.55. The van der Waals surface area contributed by atoms with E-state index in [-0.39, 0.29) is 12.0 Å². The summed E-state index contributed by atoms with van der Waals surface area (Å²) in [4.78, 5) is 14.0. The summed E-state index contributed by atoms with van der Waals surface area (Å²) in [6.45, 7) is 3.12. The lowest BCUT2D eigenvalue weighted by Gasteiger charge is -2.34. The number of carbonyl (C=O) groups is 1. The van der Waals surface area contributed by atoms with Gasteiger partial charge in [0, 0.05) is 25.2 Å². The smallest absolute Gasteiger partial charge is 0.227 e. The molecule has 0 radical (unpaired) electrons. The van der Waals surface area contributed by atoms with E-state index >= 15 is 0 Å². The molecule has 3 rings (SSSR count). The van der Waals surface area contributed by atoms with E-state index in [4.69, 9.17) is 4.74 Å². The molecule has 2 aliphatic rings.